The molecule has 1 saturated heterocycles. The number of esters is 1. The summed E-state index contributed by atoms with van der Waals surface area (Å²) in [6.45, 7) is 0.193. The van der Waals surface area contributed by atoms with Crippen LogP contribution in [0.1, 0.15) is 36.5 Å². The van der Waals surface area contributed by atoms with Crippen molar-refractivity contribution in [1.82, 2.24) is 20.1 Å². The molecule has 0 bridgehead atoms. The summed E-state index contributed by atoms with van der Waals surface area (Å²) in [5, 5.41) is 13.9. The molecule has 1 aliphatic heterocycles. The molecule has 1 aromatic heterocycles. The van der Waals surface area contributed by atoms with Crippen molar-refractivity contribution in [3.8, 4) is 6.07 Å². The van der Waals surface area contributed by atoms with E-state index in [-0.39, 0.29) is 43.0 Å². The predicted octanol–water partition coefficient (Wildman–Crippen LogP) is 4.03. The molecule has 2 atom stereocenters. The molecule has 16 nitrogen and oxygen atoms in total. The van der Waals surface area contributed by atoms with Crippen LogP contribution < -0.4 is 5.32 Å². The summed E-state index contributed by atoms with van der Waals surface area (Å²) >= 11 is 1.20. The van der Waals surface area contributed by atoms with Crippen LogP contribution in [0.25, 0.3) is 6.08 Å². The van der Waals surface area contributed by atoms with Crippen LogP contribution in [-0.4, -0.2) is 94.9 Å². The van der Waals surface area contributed by atoms with Crippen LogP contribution in [0.4, 0.5) is 18.0 Å². The number of benzene rings is 2. The Morgan fingerprint density at radius 1 is 1.12 bits per heavy atom. The Labute approximate surface area is 323 Å². The summed E-state index contributed by atoms with van der Waals surface area (Å²) in [5.74, 6) is -4.89. The van der Waals surface area contributed by atoms with Crippen LogP contribution in [0.15, 0.2) is 67.3 Å². The maximum Gasteiger partial charge on any atom is 0.512 e. The lowest BCUT2D eigenvalue weighted by Crippen LogP contribution is -2.47. The second-order valence-electron chi connectivity index (χ2n) is 11.9. The molecule has 4 rings (SSSR count). The lowest BCUT2D eigenvalue weighted by molar-refractivity contribution is -0.156. The molecule has 2 unspecified atom stereocenters. The number of rotatable bonds is 18. The normalized spacial score (nSPS) is 17.5. The molecule has 1 fully saturated rings. The molecule has 2 aromatic carbocycles. The first-order valence-electron chi connectivity index (χ1n) is 16.6. The number of thioether (sulfide) groups is 1. The first kappa shape index (κ1) is 43.5. The van der Waals surface area contributed by atoms with Crippen molar-refractivity contribution in [1.29, 1.82) is 5.26 Å². The van der Waals surface area contributed by atoms with E-state index in [0.29, 0.717) is 6.07 Å². The van der Waals surface area contributed by atoms with E-state index in [4.69, 9.17) is 33.5 Å². The zero-order valence-electron chi connectivity index (χ0n) is 29.6. The first-order valence-corrected chi connectivity index (χ1v) is 19.2. The molecule has 56 heavy (non-hydrogen) atoms. The van der Waals surface area contributed by atoms with E-state index in [9.17, 15) is 31.6 Å². The van der Waals surface area contributed by atoms with E-state index in [1.54, 1.807) is 25.2 Å². The standard InChI is InChI=1S/C35H36F3N5O11S2/c1-23(55-27-17-50-33(51-18-27)5-3-2-4-25-7-6-24(16-39)14-29(25)37)35(19-43-21-40-20-42-43,28-9-8-26(36)15-30(28)38)54-34(46)53-22-52-32(45)11-10-31(44)41-12-13-56(47,48)49/h2-9,14-15,20-21,23,27,33H,10-13,17-19,22H2,1H3,(H,41,44)(H,47,48,49). The van der Waals surface area contributed by atoms with E-state index in [1.165, 1.54) is 47.3 Å². The third-order valence-corrected chi connectivity index (χ3v) is 10.0. The number of nitrogens with one attached hydrogen (secondary N) is 1. The van der Waals surface area contributed by atoms with Gasteiger partial charge in [0, 0.05) is 35.4 Å². The molecule has 0 saturated carbocycles. The topological polar surface area (TPSA) is 218 Å². The molecule has 300 valence electrons. The van der Waals surface area contributed by atoms with Gasteiger partial charge in [0.1, 0.15) is 30.1 Å². The summed E-state index contributed by atoms with van der Waals surface area (Å²) in [7, 11) is -4.29. The SMILES string of the molecule is CC(SC1COC(C=CC=Cc2ccc(C#N)cc2F)OC1)C(Cn1cncn1)(OC(=O)OCOC(=O)CCC(=O)NCCS(=O)(=O)O)c1ccc(F)cc1F. The number of nitrogens with zero attached hydrogens (tertiary/aromatic N) is 4. The molecule has 1 amide bonds. The number of aromatic nitrogens is 3. The summed E-state index contributed by atoms with van der Waals surface area (Å²) in [6.07, 6.45) is 5.72. The third-order valence-electron chi connectivity index (χ3n) is 7.88. The number of amides is 1. The fourth-order valence-electron chi connectivity index (χ4n) is 5.14. The Bertz CT molecular complexity index is 2040. The molecular formula is C35H36F3N5O11S2. The Morgan fingerprint density at radius 3 is 2.55 bits per heavy atom. The minimum Gasteiger partial charge on any atom is -0.428 e. The van der Waals surface area contributed by atoms with Crippen molar-refractivity contribution in [2.24, 2.45) is 0 Å². The summed E-state index contributed by atoms with van der Waals surface area (Å²) < 4.78 is 103. The van der Waals surface area contributed by atoms with Gasteiger partial charge in [0.2, 0.25) is 12.7 Å². The highest BCUT2D eigenvalue weighted by molar-refractivity contribution is 8.00. The maximum absolute atomic E-state index is 15.6. The zero-order valence-corrected chi connectivity index (χ0v) is 31.2. The van der Waals surface area contributed by atoms with Crippen LogP contribution in [0.3, 0.4) is 0 Å². The Hall–Kier alpha value is -5.27. The highest BCUT2D eigenvalue weighted by atomic mass is 32.2. The molecule has 3 aromatic rings. The van der Waals surface area contributed by atoms with E-state index in [2.05, 4.69) is 15.4 Å². The lowest BCUT2D eigenvalue weighted by atomic mass is 9.89. The van der Waals surface area contributed by atoms with Crippen LogP contribution in [0.5, 0.6) is 0 Å². The van der Waals surface area contributed by atoms with Crippen molar-refractivity contribution in [2.45, 2.75) is 48.7 Å². The summed E-state index contributed by atoms with van der Waals surface area (Å²) in [5.41, 5.74) is -1.73. The number of halogens is 3. The van der Waals surface area contributed by atoms with Crippen molar-refractivity contribution >= 4 is 46.0 Å². The molecule has 0 spiro atoms. The lowest BCUT2D eigenvalue weighted by Gasteiger charge is -2.40. The summed E-state index contributed by atoms with van der Waals surface area (Å²) in [4.78, 5) is 41.0. The molecule has 21 heteroatoms. The highest BCUT2D eigenvalue weighted by Crippen LogP contribution is 2.42. The van der Waals surface area contributed by atoms with Crippen molar-refractivity contribution in [3.63, 3.8) is 0 Å². The molecular weight excluding hydrogens is 788 g/mol. The van der Waals surface area contributed by atoms with Gasteiger partial charge in [0.25, 0.3) is 10.1 Å². The van der Waals surface area contributed by atoms with Gasteiger partial charge in [-0.2, -0.15) is 18.8 Å². The molecule has 0 aliphatic carbocycles. The number of ether oxygens (including phenoxy) is 5. The fourth-order valence-corrected chi connectivity index (χ4v) is 6.86. The second kappa shape index (κ2) is 20.6. The van der Waals surface area contributed by atoms with Gasteiger partial charge in [0.15, 0.2) is 11.9 Å². The largest absolute Gasteiger partial charge is 0.512 e. The van der Waals surface area contributed by atoms with Gasteiger partial charge in [-0.05, 0) is 37.3 Å². The van der Waals surface area contributed by atoms with Gasteiger partial charge in [0.05, 0.1) is 48.8 Å². The van der Waals surface area contributed by atoms with Gasteiger partial charge in [-0.25, -0.2) is 27.6 Å². The van der Waals surface area contributed by atoms with E-state index < -0.39 is 93.4 Å². The minimum atomic E-state index is -4.29. The van der Waals surface area contributed by atoms with Crippen molar-refractivity contribution < 1.29 is 64.2 Å². The average Bonchev–Trinajstić information content (AvgIpc) is 3.65. The van der Waals surface area contributed by atoms with Crippen LogP contribution >= 0.6 is 11.8 Å². The molecule has 2 N–H and O–H groups in total. The van der Waals surface area contributed by atoms with Gasteiger partial charge >= 0.3 is 12.1 Å². The average molecular weight is 824 g/mol. The Kier molecular flexibility index (Phi) is 16.0. The number of hydrogen-bond acceptors (Lipinski definition) is 14. The van der Waals surface area contributed by atoms with Gasteiger partial charge < -0.3 is 29.0 Å². The summed E-state index contributed by atoms with van der Waals surface area (Å²) in [6, 6.07) is 8.67. The number of allylic oxidation sites excluding steroid dienone is 2. The maximum atomic E-state index is 15.6. The first-order chi connectivity index (χ1) is 26.7. The molecule has 2 heterocycles. The van der Waals surface area contributed by atoms with Gasteiger partial charge in [-0.1, -0.05) is 24.3 Å². The number of hydrogen-bond donors (Lipinski definition) is 2. The molecule has 1 aliphatic rings. The Balaban J connectivity index is 1.40. The molecule has 0 radical (unpaired) electrons. The van der Waals surface area contributed by atoms with Crippen molar-refractivity contribution in [2.75, 3.05) is 32.3 Å². The number of carbonyl (C=O) groups excluding carboxylic acids is 3. The van der Waals surface area contributed by atoms with Gasteiger partial charge in [-0.3, -0.25) is 14.1 Å². The monoisotopic (exact) mass is 823 g/mol. The van der Waals surface area contributed by atoms with Crippen LogP contribution in [0.2, 0.25) is 0 Å². The van der Waals surface area contributed by atoms with E-state index in [1.807, 2.05) is 6.07 Å². The van der Waals surface area contributed by atoms with E-state index in [0.717, 1.165) is 18.2 Å². The smallest absolute Gasteiger partial charge is 0.428 e. The quantitative estimate of drug-likeness (QED) is 0.0801. The second-order valence-corrected chi connectivity index (χ2v) is 15.1. The fraction of sp³-hybridized carbons (Fsp3) is 0.371. The van der Waals surface area contributed by atoms with Crippen LogP contribution in [-0.2, 0) is 55.5 Å². The predicted molar refractivity (Wildman–Crippen MR) is 191 cm³/mol. The van der Waals surface area contributed by atoms with E-state index >= 15 is 4.39 Å². The number of carbonyl (C=O) groups is 3. The van der Waals surface area contributed by atoms with Crippen LogP contribution in [0, 0.1) is 28.8 Å². The Morgan fingerprint density at radius 2 is 1.89 bits per heavy atom. The van der Waals surface area contributed by atoms with Gasteiger partial charge in [-0.15, -0.1) is 11.8 Å². The highest BCUT2D eigenvalue weighted by Gasteiger charge is 2.47. The zero-order chi connectivity index (χ0) is 40.7. The third kappa shape index (κ3) is 13.5. The van der Waals surface area contributed by atoms with Crippen molar-refractivity contribution in [3.05, 3.63) is 101 Å². The number of nitriles is 1. The minimum absolute atomic E-state index is 0.127.